The molecule has 0 saturated carbocycles. The van der Waals surface area contributed by atoms with Crippen molar-refractivity contribution in [1.29, 1.82) is 0 Å². The minimum atomic E-state index is 0.839. The third-order valence-corrected chi connectivity index (χ3v) is 9.61. The molecule has 207 valence electrons. The first-order valence-corrected chi connectivity index (χ1v) is 15.3. The quantitative estimate of drug-likeness (QED) is 0.199. The van der Waals surface area contributed by atoms with E-state index in [-0.39, 0.29) is 0 Å². The van der Waals surface area contributed by atoms with Crippen molar-refractivity contribution in [3.05, 3.63) is 127 Å². The summed E-state index contributed by atoms with van der Waals surface area (Å²) in [6.45, 7) is 0. The molecule has 0 bridgehead atoms. The van der Waals surface area contributed by atoms with Crippen LogP contribution < -0.4 is 20.6 Å². The minimum Gasteiger partial charge on any atom is -0.456 e. The van der Waals surface area contributed by atoms with Crippen LogP contribution in [-0.4, -0.2) is 12.3 Å². The maximum atomic E-state index is 6.64. The van der Waals surface area contributed by atoms with Crippen molar-refractivity contribution in [3.8, 4) is 22.6 Å². The summed E-state index contributed by atoms with van der Waals surface area (Å²) in [6, 6.07) is 44.9. The number of anilines is 3. The van der Waals surface area contributed by atoms with E-state index in [4.69, 9.17) is 9.15 Å². The average molecular weight is 573 g/mol. The van der Waals surface area contributed by atoms with Gasteiger partial charge in [-0.2, -0.15) is 0 Å². The number of benzene rings is 7. The number of H-pyrrole nitrogens is 1. The van der Waals surface area contributed by atoms with E-state index in [1.165, 1.54) is 21.5 Å². The van der Waals surface area contributed by atoms with Crippen molar-refractivity contribution in [1.82, 2.24) is 4.98 Å². The van der Waals surface area contributed by atoms with E-state index in [9.17, 15) is 0 Å². The number of aromatic amines is 1. The van der Waals surface area contributed by atoms with Crippen molar-refractivity contribution >= 4 is 89.8 Å². The fourth-order valence-corrected chi connectivity index (χ4v) is 7.71. The highest BCUT2D eigenvalue weighted by atomic mass is 16.5. The second kappa shape index (κ2) is 8.37. The molecule has 2 aromatic heterocycles. The second-order valence-corrected chi connectivity index (χ2v) is 12.0. The number of nitrogens with one attached hydrogen (secondary N) is 1. The van der Waals surface area contributed by atoms with E-state index in [0.717, 1.165) is 83.6 Å². The first-order valence-electron chi connectivity index (χ1n) is 15.3. The molecule has 2 aliphatic rings. The Kier molecular flexibility index (Phi) is 4.37. The molecule has 0 fully saturated rings. The van der Waals surface area contributed by atoms with Crippen LogP contribution in [0.25, 0.3) is 65.6 Å². The predicted octanol–water partition coefficient (Wildman–Crippen LogP) is 9.58. The van der Waals surface area contributed by atoms with Crippen LogP contribution in [-0.2, 0) is 0 Å². The van der Waals surface area contributed by atoms with Crippen LogP contribution in [0.4, 0.5) is 17.1 Å². The number of aromatic nitrogens is 1. The zero-order chi connectivity index (χ0) is 29.2. The number of fused-ring (bicyclic) bond motifs is 13. The topological polar surface area (TPSA) is 41.4 Å². The second-order valence-electron chi connectivity index (χ2n) is 12.0. The zero-order valence-corrected chi connectivity index (χ0v) is 24.0. The van der Waals surface area contributed by atoms with E-state index >= 15 is 0 Å². The Balaban J connectivity index is 1.30. The average Bonchev–Trinajstić information content (AvgIpc) is 3.66. The van der Waals surface area contributed by atoms with Gasteiger partial charge in [0.15, 0.2) is 18.8 Å². The maximum absolute atomic E-state index is 6.64. The number of ether oxygens (including phenoxy) is 1. The summed E-state index contributed by atoms with van der Waals surface area (Å²) in [5.74, 6) is 1.69. The van der Waals surface area contributed by atoms with Crippen LogP contribution in [0, 0.1) is 0 Å². The number of nitrogens with zero attached hydrogens (tertiary/aromatic N) is 1. The molecule has 5 heteroatoms. The summed E-state index contributed by atoms with van der Waals surface area (Å²) in [5.41, 5.74) is 11.8. The predicted molar refractivity (Wildman–Crippen MR) is 186 cm³/mol. The monoisotopic (exact) mass is 573 g/mol. The Labute approximate surface area is 258 Å². The van der Waals surface area contributed by atoms with Crippen molar-refractivity contribution < 1.29 is 9.15 Å². The molecule has 1 radical (unpaired) electrons. The summed E-state index contributed by atoms with van der Waals surface area (Å²) >= 11 is 0. The summed E-state index contributed by atoms with van der Waals surface area (Å²) in [4.78, 5) is 6.27. The summed E-state index contributed by atoms with van der Waals surface area (Å²) in [5, 5.41) is 7.10. The molecule has 1 N–H and O–H groups in total. The lowest BCUT2D eigenvalue weighted by atomic mass is 9.57. The molecule has 0 atom stereocenters. The summed E-state index contributed by atoms with van der Waals surface area (Å²) < 4.78 is 13.1. The standard InChI is InChI=1S/C40H22BN2O2/c1-2-10-23-22(9-1)19-20-26-24-12-7-13-25(38(24)42-37(23)26)28-21-34-35(27-11-3-5-16-31(27)44-34)40-36(28)41-29-14-8-18-33-39(29)43(40)30-15-4-6-17-32(30)45-33/h1-21,42H. The van der Waals surface area contributed by atoms with Gasteiger partial charge in [0.25, 0.3) is 0 Å². The largest absolute Gasteiger partial charge is 0.456 e. The molecule has 4 nitrogen and oxygen atoms in total. The smallest absolute Gasteiger partial charge is 0.198 e. The molecule has 45 heavy (non-hydrogen) atoms. The summed E-state index contributed by atoms with van der Waals surface area (Å²) in [6.07, 6.45) is 0. The highest BCUT2D eigenvalue weighted by molar-refractivity contribution is 6.74. The lowest BCUT2D eigenvalue weighted by Gasteiger charge is -2.39. The highest BCUT2D eigenvalue weighted by Gasteiger charge is 2.37. The van der Waals surface area contributed by atoms with Crippen molar-refractivity contribution in [2.75, 3.05) is 4.90 Å². The molecule has 11 rings (SSSR count). The Morgan fingerprint density at radius 1 is 0.556 bits per heavy atom. The van der Waals surface area contributed by atoms with Crippen LogP contribution in [0.1, 0.15) is 0 Å². The van der Waals surface area contributed by atoms with Crippen molar-refractivity contribution in [3.63, 3.8) is 0 Å². The molecule has 0 unspecified atom stereocenters. The third-order valence-electron chi connectivity index (χ3n) is 9.61. The van der Waals surface area contributed by atoms with Gasteiger partial charge in [0.2, 0.25) is 0 Å². The Morgan fingerprint density at radius 2 is 1.33 bits per heavy atom. The van der Waals surface area contributed by atoms with E-state index in [0.29, 0.717) is 0 Å². The van der Waals surface area contributed by atoms with Gasteiger partial charge in [-0.25, -0.2) is 0 Å². The minimum absolute atomic E-state index is 0.839. The van der Waals surface area contributed by atoms with Gasteiger partial charge >= 0.3 is 0 Å². The number of furan rings is 1. The fourth-order valence-electron chi connectivity index (χ4n) is 7.71. The molecule has 0 saturated heterocycles. The molecule has 2 aliphatic heterocycles. The van der Waals surface area contributed by atoms with Crippen molar-refractivity contribution in [2.45, 2.75) is 0 Å². The van der Waals surface area contributed by atoms with Crippen molar-refractivity contribution in [2.24, 2.45) is 0 Å². The van der Waals surface area contributed by atoms with Gasteiger partial charge in [-0.15, -0.1) is 0 Å². The first kappa shape index (κ1) is 23.5. The van der Waals surface area contributed by atoms with Crippen LogP contribution in [0.2, 0.25) is 0 Å². The molecule has 0 amide bonds. The summed E-state index contributed by atoms with van der Waals surface area (Å²) in [7, 11) is 2.33. The normalized spacial score (nSPS) is 13.2. The number of hydrogen-bond donors (Lipinski definition) is 1. The lowest BCUT2D eigenvalue weighted by molar-refractivity contribution is 0.477. The SMILES string of the molecule is [B]1c2cccc3c2N(c2ccccc2O3)c2c1c(-c1cccc3c1[nH]c1c4ccccc4ccc31)cc1oc3ccccc3c21. The zero-order valence-electron chi connectivity index (χ0n) is 24.0. The van der Waals surface area contributed by atoms with E-state index in [1.807, 2.05) is 18.2 Å². The van der Waals surface area contributed by atoms with Gasteiger partial charge < -0.3 is 19.0 Å². The Bertz CT molecular complexity index is 2740. The molecule has 7 aromatic carbocycles. The van der Waals surface area contributed by atoms with E-state index < -0.39 is 0 Å². The fraction of sp³-hybridized carbons (Fsp3) is 0. The van der Waals surface area contributed by atoms with E-state index in [1.54, 1.807) is 0 Å². The molecular weight excluding hydrogens is 551 g/mol. The number of para-hydroxylation sites is 5. The van der Waals surface area contributed by atoms with Gasteiger partial charge in [-0.05, 0) is 46.7 Å². The van der Waals surface area contributed by atoms with Gasteiger partial charge in [0.05, 0.1) is 33.5 Å². The number of hydrogen-bond acceptors (Lipinski definition) is 3. The Hall–Kier alpha value is -5.94. The maximum Gasteiger partial charge on any atom is 0.198 e. The van der Waals surface area contributed by atoms with E-state index in [2.05, 4.69) is 126 Å². The lowest BCUT2D eigenvalue weighted by Crippen LogP contribution is -2.42. The highest BCUT2D eigenvalue weighted by Crippen LogP contribution is 2.53. The van der Waals surface area contributed by atoms with Gasteiger partial charge in [0, 0.05) is 27.1 Å². The molecule has 0 aliphatic carbocycles. The Morgan fingerprint density at radius 3 is 2.31 bits per heavy atom. The third kappa shape index (κ3) is 3.02. The van der Waals surface area contributed by atoms with Gasteiger partial charge in [-0.1, -0.05) is 103 Å². The first-order chi connectivity index (χ1) is 22.3. The number of rotatable bonds is 1. The molecule has 4 heterocycles. The van der Waals surface area contributed by atoms with Gasteiger partial charge in [0.1, 0.15) is 11.2 Å². The van der Waals surface area contributed by atoms with Crippen LogP contribution in [0.5, 0.6) is 11.5 Å². The molecule has 9 aromatic rings. The van der Waals surface area contributed by atoms with Crippen LogP contribution in [0.15, 0.2) is 132 Å². The van der Waals surface area contributed by atoms with Gasteiger partial charge in [-0.3, -0.25) is 0 Å². The van der Waals surface area contributed by atoms with Crippen LogP contribution in [0.3, 0.4) is 0 Å². The van der Waals surface area contributed by atoms with Crippen LogP contribution >= 0.6 is 0 Å². The molecule has 0 spiro atoms. The molecular formula is C40H22BN2O2.